The van der Waals surface area contributed by atoms with E-state index in [4.69, 9.17) is 0 Å². The average molecular weight is 531 g/mol. The molecule has 0 spiro atoms. The quantitative estimate of drug-likeness (QED) is 0.283. The second-order valence-electron chi connectivity index (χ2n) is 6.75. The molecule has 0 aromatic carbocycles. The molecular weight excluding hydrogens is 513 g/mol. The summed E-state index contributed by atoms with van der Waals surface area (Å²) in [5.41, 5.74) is 0.605. The number of hydrogen-bond donors (Lipinski definition) is 2. The highest BCUT2D eigenvalue weighted by atomic mass is 32.2. The van der Waals surface area contributed by atoms with Gasteiger partial charge in [0.1, 0.15) is 22.9 Å². The maximum Gasteiger partial charge on any atom is 0.352 e. The molecule has 1 fully saturated rings. The Morgan fingerprint density at radius 3 is 2.94 bits per heavy atom. The first-order chi connectivity index (χ1) is 15.4. The van der Waals surface area contributed by atoms with Crippen molar-refractivity contribution in [3.05, 3.63) is 34.6 Å². The van der Waals surface area contributed by atoms with Gasteiger partial charge in [-0.2, -0.15) is 4.37 Å². The molecule has 2 amide bonds. The lowest BCUT2D eigenvalue weighted by molar-refractivity contribution is -0.150. The van der Waals surface area contributed by atoms with E-state index >= 15 is 0 Å². The highest BCUT2D eigenvalue weighted by molar-refractivity contribution is 8.01. The van der Waals surface area contributed by atoms with Crippen LogP contribution >= 0.6 is 46.4 Å². The molecule has 4 rings (SSSR count). The Labute approximate surface area is 203 Å². The molecule has 0 radical (unpaired) electrons. The summed E-state index contributed by atoms with van der Waals surface area (Å²) in [4.78, 5) is 42.6. The number of carboxylic acids is 1. The number of aryl methyl sites for hydroxylation is 1. The van der Waals surface area contributed by atoms with Crippen molar-refractivity contribution in [2.24, 2.45) is 0 Å². The Kier molecular flexibility index (Phi) is 7.47. The summed E-state index contributed by atoms with van der Waals surface area (Å²) in [6.45, 7) is 1.96. The lowest BCUT2D eigenvalue weighted by Crippen LogP contribution is -2.70. The van der Waals surface area contributed by atoms with Crippen molar-refractivity contribution >= 4 is 75.4 Å². The van der Waals surface area contributed by atoms with Gasteiger partial charge in [0.15, 0.2) is 10.1 Å². The molecule has 32 heavy (non-hydrogen) atoms. The van der Waals surface area contributed by atoms with Crippen LogP contribution in [0.1, 0.15) is 12.7 Å². The fourth-order valence-electron chi connectivity index (χ4n) is 3.18. The third-order valence-corrected chi connectivity index (χ3v) is 10.6. The number of β-lactam (4-membered cyclic amide) rings is 1. The van der Waals surface area contributed by atoms with Crippen molar-refractivity contribution in [3.8, 4) is 0 Å². The molecule has 170 valence electrons. The van der Waals surface area contributed by atoms with Gasteiger partial charge in [0.25, 0.3) is 11.8 Å². The topological polar surface area (TPSA) is 136 Å². The SMILES string of the molecule is CCc1nsc(SCC2=C(C(=O)O)N3C(=O)C(NC(=O)C[S+]([O-])c4cccs4)[C@@H]3SC2)n1. The van der Waals surface area contributed by atoms with Crippen molar-refractivity contribution in [1.82, 2.24) is 19.6 Å². The van der Waals surface area contributed by atoms with Crippen LogP contribution in [0, 0.1) is 0 Å². The van der Waals surface area contributed by atoms with Crippen LogP contribution in [0.15, 0.2) is 37.3 Å². The Hall–Kier alpha value is -1.58. The highest BCUT2D eigenvalue weighted by Crippen LogP contribution is 2.41. The van der Waals surface area contributed by atoms with Crippen LogP contribution in [0.25, 0.3) is 0 Å². The molecule has 2 aromatic rings. The van der Waals surface area contributed by atoms with Crippen molar-refractivity contribution in [3.63, 3.8) is 0 Å². The molecule has 0 bridgehead atoms. The van der Waals surface area contributed by atoms with Crippen molar-refractivity contribution in [2.45, 2.75) is 33.3 Å². The van der Waals surface area contributed by atoms with Gasteiger partial charge in [-0.25, -0.2) is 9.78 Å². The van der Waals surface area contributed by atoms with Crippen molar-refractivity contribution in [1.29, 1.82) is 0 Å². The number of thioether (sulfide) groups is 2. The lowest BCUT2D eigenvalue weighted by Gasteiger charge is -2.49. The van der Waals surface area contributed by atoms with Gasteiger partial charge in [-0.1, -0.05) is 30.0 Å². The number of carboxylic acid groups (broad SMARTS) is 1. The van der Waals surface area contributed by atoms with Crippen LogP contribution in [0.5, 0.6) is 0 Å². The van der Waals surface area contributed by atoms with E-state index in [2.05, 4.69) is 14.7 Å². The van der Waals surface area contributed by atoms with Crippen molar-refractivity contribution < 1.29 is 24.0 Å². The summed E-state index contributed by atoms with van der Waals surface area (Å²) in [5, 5.41) is 13.7. The largest absolute Gasteiger partial charge is 0.610 e. The molecule has 3 atom stereocenters. The molecule has 1 saturated heterocycles. The fraction of sp³-hybridized carbons (Fsp3) is 0.389. The van der Waals surface area contributed by atoms with E-state index in [-0.39, 0.29) is 11.4 Å². The number of rotatable bonds is 9. The van der Waals surface area contributed by atoms with E-state index < -0.39 is 40.4 Å². The third kappa shape index (κ3) is 4.84. The van der Waals surface area contributed by atoms with Crippen LogP contribution in [0.3, 0.4) is 0 Å². The number of carbonyl (C=O) groups excluding carboxylic acids is 2. The van der Waals surface area contributed by atoms with Gasteiger partial charge in [0, 0.05) is 35.2 Å². The minimum absolute atomic E-state index is 0.0286. The average Bonchev–Trinajstić information content (AvgIpc) is 3.47. The maximum absolute atomic E-state index is 12.7. The van der Waals surface area contributed by atoms with E-state index in [1.54, 1.807) is 17.5 Å². The summed E-state index contributed by atoms with van der Waals surface area (Å²) in [7, 11) is 0. The smallest absolute Gasteiger partial charge is 0.352 e. The first-order valence-electron chi connectivity index (χ1n) is 9.45. The maximum atomic E-state index is 12.7. The summed E-state index contributed by atoms with van der Waals surface area (Å²) in [6.07, 6.45) is 0.730. The van der Waals surface area contributed by atoms with E-state index in [0.717, 1.165) is 16.6 Å². The molecule has 2 aliphatic heterocycles. The molecule has 0 aliphatic carbocycles. The number of thiophene rings is 1. The zero-order valence-electron chi connectivity index (χ0n) is 16.7. The van der Waals surface area contributed by atoms with Gasteiger partial charge >= 0.3 is 5.97 Å². The first kappa shape index (κ1) is 23.6. The van der Waals surface area contributed by atoms with E-state index in [9.17, 15) is 24.0 Å². The molecule has 0 saturated carbocycles. The van der Waals surface area contributed by atoms with Gasteiger partial charge in [0.2, 0.25) is 4.21 Å². The second-order valence-corrected chi connectivity index (χ2v) is 12.5. The lowest BCUT2D eigenvalue weighted by atomic mass is 10.0. The number of aliphatic carboxylic acids is 1. The molecule has 14 heteroatoms. The second kappa shape index (κ2) is 10.1. The summed E-state index contributed by atoms with van der Waals surface area (Å²) >= 11 is 3.90. The third-order valence-electron chi connectivity index (χ3n) is 4.68. The standard InChI is InChI=1S/C18H18N4O5S5/c1-2-10-19-18(31-21-10)30-7-9-6-29-16-13(15(24)22(16)14(9)17(25)26)20-11(23)8-32(27)12-4-3-5-28-12/h3-5,13,16H,2,6-8H2,1H3,(H,20,23)(H,25,26)/t13?,16-,32?/m0/s1. The number of carbonyl (C=O) groups is 3. The number of amides is 2. The van der Waals surface area contributed by atoms with Gasteiger partial charge in [-0.15, -0.1) is 11.8 Å². The minimum Gasteiger partial charge on any atom is -0.610 e. The number of nitrogens with zero attached hydrogens (tertiary/aromatic N) is 3. The van der Waals surface area contributed by atoms with Crippen LogP contribution < -0.4 is 5.32 Å². The van der Waals surface area contributed by atoms with Gasteiger partial charge in [0.05, 0.1) is 0 Å². The number of aromatic nitrogens is 2. The monoisotopic (exact) mass is 530 g/mol. The molecule has 2 N–H and O–H groups in total. The zero-order chi connectivity index (χ0) is 22.8. The Balaban J connectivity index is 1.40. The van der Waals surface area contributed by atoms with Crippen LogP contribution in [0.2, 0.25) is 0 Å². The van der Waals surface area contributed by atoms with Crippen LogP contribution in [-0.4, -0.2) is 70.4 Å². The summed E-state index contributed by atoms with van der Waals surface area (Å²) < 4.78 is 17.8. The fourth-order valence-corrected chi connectivity index (χ4v) is 8.28. The molecular formula is C18H18N4O5S5. The Morgan fingerprint density at radius 1 is 1.47 bits per heavy atom. The zero-order valence-corrected chi connectivity index (χ0v) is 20.8. The summed E-state index contributed by atoms with van der Waals surface area (Å²) in [5.74, 6) is -0.820. The predicted molar refractivity (Wildman–Crippen MR) is 125 cm³/mol. The van der Waals surface area contributed by atoms with Gasteiger partial charge in [-0.05, 0) is 28.6 Å². The van der Waals surface area contributed by atoms with Gasteiger partial charge < -0.3 is 15.0 Å². The highest BCUT2D eigenvalue weighted by Gasteiger charge is 2.54. The number of nitrogens with one attached hydrogen (secondary N) is 1. The van der Waals surface area contributed by atoms with E-state index in [1.165, 1.54) is 51.3 Å². The van der Waals surface area contributed by atoms with Gasteiger partial charge in [-0.3, -0.25) is 14.5 Å². The van der Waals surface area contributed by atoms with Crippen molar-refractivity contribution in [2.75, 3.05) is 17.3 Å². The predicted octanol–water partition coefficient (Wildman–Crippen LogP) is 1.80. The van der Waals surface area contributed by atoms with E-state index in [1.807, 2.05) is 6.92 Å². The number of fused-ring (bicyclic) bond motifs is 1. The normalized spacial score (nSPS) is 21.2. The molecule has 9 nitrogen and oxygen atoms in total. The first-order valence-corrected chi connectivity index (χ1v) is 14.5. The molecule has 4 heterocycles. The van der Waals surface area contributed by atoms with Crippen LogP contribution in [-0.2, 0) is 32.0 Å². The molecule has 2 aromatic heterocycles. The molecule has 2 unspecified atom stereocenters. The number of hydrogen-bond acceptors (Lipinski definition) is 10. The van der Waals surface area contributed by atoms with E-state index in [0.29, 0.717) is 21.3 Å². The summed E-state index contributed by atoms with van der Waals surface area (Å²) in [6, 6.07) is 2.62. The Bertz CT molecular complexity index is 1060. The Morgan fingerprint density at radius 2 is 2.28 bits per heavy atom. The minimum atomic E-state index is -1.48. The van der Waals surface area contributed by atoms with Crippen LogP contribution in [0.4, 0.5) is 0 Å². The molecule has 2 aliphatic rings.